The molecule has 0 saturated carbocycles. The van der Waals surface area contributed by atoms with E-state index in [2.05, 4.69) is 75.4 Å². The van der Waals surface area contributed by atoms with E-state index in [1.54, 1.807) is 11.3 Å². The van der Waals surface area contributed by atoms with Gasteiger partial charge < -0.3 is 14.4 Å². The maximum Gasteiger partial charge on any atom is 0.167 e. The van der Waals surface area contributed by atoms with Crippen LogP contribution in [0.25, 0.3) is 32.7 Å². The van der Waals surface area contributed by atoms with Gasteiger partial charge in [0.05, 0.1) is 20.9 Å². The molecule has 2 atom stereocenters. The summed E-state index contributed by atoms with van der Waals surface area (Å²) in [5.74, 6) is 1.53. The van der Waals surface area contributed by atoms with Gasteiger partial charge in [0, 0.05) is 56.5 Å². The molecule has 40 heavy (non-hydrogen) atoms. The molecule has 0 amide bonds. The summed E-state index contributed by atoms with van der Waals surface area (Å²) in [5, 5.41) is 16.0. The van der Waals surface area contributed by atoms with E-state index in [-0.39, 0.29) is 6.61 Å². The lowest BCUT2D eigenvalue weighted by molar-refractivity contribution is 0.0250. The number of thiazole rings is 1. The molecule has 0 spiro atoms. The highest BCUT2D eigenvalue weighted by atomic mass is 32.1. The smallest absolute Gasteiger partial charge is 0.167 e. The molecule has 1 N–H and O–H groups in total. The average Bonchev–Trinajstić information content (AvgIpc) is 3.59. The van der Waals surface area contributed by atoms with Gasteiger partial charge in [-0.3, -0.25) is 9.80 Å². The Labute approximate surface area is 238 Å². The summed E-state index contributed by atoms with van der Waals surface area (Å²) in [6, 6.07) is 27.1. The number of aryl methyl sites for hydroxylation is 1. The van der Waals surface area contributed by atoms with E-state index in [1.165, 1.54) is 11.1 Å². The van der Waals surface area contributed by atoms with Gasteiger partial charge in [-0.25, -0.2) is 4.98 Å². The molecule has 1 aliphatic heterocycles. The van der Waals surface area contributed by atoms with Gasteiger partial charge in [0.1, 0.15) is 18.5 Å². The van der Waals surface area contributed by atoms with Crippen LogP contribution in [0, 0.1) is 6.92 Å². The molecule has 6 rings (SSSR count). The Morgan fingerprint density at radius 1 is 1.00 bits per heavy atom. The molecule has 5 aromatic rings. The standard InChI is InChI=1S/C32H34N4O3S/c1-22-18-35(20-28(37)21-38-29-12-13-32-30(17-29)33-23(2)40-32)14-15-36(22)19-27-16-31(39-34-27)26-10-8-25(9-11-26)24-6-4-3-5-7-24/h3-13,16-17,22,28,37H,14-15,18-21H2,1-2H3/t22-,28+/m0/s1. The molecular weight excluding hydrogens is 520 g/mol. The normalized spacial score (nSPS) is 17.3. The lowest BCUT2D eigenvalue weighted by Crippen LogP contribution is -2.53. The highest BCUT2D eigenvalue weighted by Gasteiger charge is 2.26. The second-order valence-corrected chi connectivity index (χ2v) is 11.8. The van der Waals surface area contributed by atoms with Crippen molar-refractivity contribution in [1.82, 2.24) is 19.9 Å². The number of hydrogen-bond acceptors (Lipinski definition) is 8. The lowest BCUT2D eigenvalue weighted by atomic mass is 10.0. The molecule has 1 aliphatic rings. The molecule has 7 nitrogen and oxygen atoms in total. The molecule has 1 fully saturated rings. The highest BCUT2D eigenvalue weighted by molar-refractivity contribution is 7.18. The first-order chi connectivity index (χ1) is 19.5. The van der Waals surface area contributed by atoms with Crippen molar-refractivity contribution in [2.45, 2.75) is 32.5 Å². The number of rotatable bonds is 9. The minimum atomic E-state index is -0.557. The first kappa shape index (κ1) is 26.7. The average molecular weight is 555 g/mol. The zero-order chi connectivity index (χ0) is 27.5. The number of β-amino-alcohol motifs (C(OH)–C–C–N with tert-alkyl or cyclic N) is 1. The fraction of sp³-hybridized carbons (Fsp3) is 0.312. The zero-order valence-corrected chi connectivity index (χ0v) is 23.7. The van der Waals surface area contributed by atoms with E-state index in [9.17, 15) is 5.11 Å². The van der Waals surface area contributed by atoms with Gasteiger partial charge in [0.15, 0.2) is 5.76 Å². The molecule has 0 unspecified atom stereocenters. The fourth-order valence-electron chi connectivity index (χ4n) is 5.31. The third-order valence-corrected chi connectivity index (χ3v) is 8.38. The molecule has 8 heteroatoms. The molecule has 1 saturated heterocycles. The highest BCUT2D eigenvalue weighted by Crippen LogP contribution is 2.27. The summed E-state index contributed by atoms with van der Waals surface area (Å²) >= 11 is 1.67. The van der Waals surface area contributed by atoms with Gasteiger partial charge in [0.25, 0.3) is 0 Å². The van der Waals surface area contributed by atoms with E-state index in [0.29, 0.717) is 12.6 Å². The summed E-state index contributed by atoms with van der Waals surface area (Å²) in [4.78, 5) is 9.25. The maximum absolute atomic E-state index is 10.6. The lowest BCUT2D eigenvalue weighted by Gasteiger charge is -2.40. The van der Waals surface area contributed by atoms with Crippen molar-refractivity contribution < 1.29 is 14.4 Å². The summed E-state index contributed by atoms with van der Waals surface area (Å²) in [5.41, 5.74) is 5.28. The van der Waals surface area contributed by atoms with Crippen molar-refractivity contribution in [1.29, 1.82) is 0 Å². The van der Waals surface area contributed by atoms with Crippen molar-refractivity contribution in [2.75, 3.05) is 32.8 Å². The van der Waals surface area contributed by atoms with Crippen LogP contribution < -0.4 is 4.74 Å². The topological polar surface area (TPSA) is 74.9 Å². The molecule has 3 aromatic carbocycles. The van der Waals surface area contributed by atoms with Gasteiger partial charge >= 0.3 is 0 Å². The minimum absolute atomic E-state index is 0.261. The molecule has 3 heterocycles. The Kier molecular flexibility index (Phi) is 7.93. The summed E-state index contributed by atoms with van der Waals surface area (Å²) in [7, 11) is 0. The Morgan fingerprint density at radius 2 is 1.77 bits per heavy atom. The van der Waals surface area contributed by atoms with Crippen LogP contribution in [0.1, 0.15) is 17.6 Å². The number of benzene rings is 3. The van der Waals surface area contributed by atoms with Crippen LogP contribution in [0.3, 0.4) is 0 Å². The van der Waals surface area contributed by atoms with Crippen LogP contribution in [0.4, 0.5) is 0 Å². The number of ether oxygens (including phenoxy) is 1. The van der Waals surface area contributed by atoms with Gasteiger partial charge in [0.2, 0.25) is 0 Å². The van der Waals surface area contributed by atoms with Crippen molar-refractivity contribution in [3.05, 3.63) is 89.6 Å². The second-order valence-electron chi connectivity index (χ2n) is 10.5. The monoisotopic (exact) mass is 554 g/mol. The molecule has 0 bridgehead atoms. The number of hydrogen-bond donors (Lipinski definition) is 1. The van der Waals surface area contributed by atoms with E-state index < -0.39 is 6.10 Å². The maximum atomic E-state index is 10.6. The van der Waals surface area contributed by atoms with E-state index >= 15 is 0 Å². The van der Waals surface area contributed by atoms with Crippen molar-refractivity contribution in [2.24, 2.45) is 0 Å². The fourth-order valence-corrected chi connectivity index (χ4v) is 6.12. The Hall–Kier alpha value is -3.56. The van der Waals surface area contributed by atoms with E-state index in [4.69, 9.17) is 9.26 Å². The Bertz CT molecular complexity index is 1550. The zero-order valence-electron chi connectivity index (χ0n) is 22.9. The van der Waals surface area contributed by atoms with E-state index in [1.807, 2.05) is 37.3 Å². The predicted molar refractivity (Wildman–Crippen MR) is 160 cm³/mol. The van der Waals surface area contributed by atoms with Gasteiger partial charge in [-0.05, 0) is 37.1 Å². The van der Waals surface area contributed by atoms with Crippen LogP contribution >= 0.6 is 11.3 Å². The number of nitrogens with zero attached hydrogens (tertiary/aromatic N) is 4. The number of aromatic nitrogens is 2. The van der Waals surface area contributed by atoms with Crippen LogP contribution in [0.15, 0.2) is 83.4 Å². The van der Waals surface area contributed by atoms with Crippen LogP contribution in [-0.2, 0) is 6.54 Å². The van der Waals surface area contributed by atoms with Crippen LogP contribution in [-0.4, -0.2) is 70.0 Å². The Balaban J connectivity index is 0.978. The number of aliphatic hydroxyl groups excluding tert-OH is 1. The van der Waals surface area contributed by atoms with Crippen molar-refractivity contribution >= 4 is 21.6 Å². The van der Waals surface area contributed by atoms with Gasteiger partial charge in [-0.15, -0.1) is 11.3 Å². The predicted octanol–water partition coefficient (Wildman–Crippen LogP) is 5.87. The SMILES string of the molecule is Cc1nc2cc(OC[C@H](O)CN3CCN(Cc4cc(-c5ccc(-c6ccccc6)cc5)on4)[C@@H](C)C3)ccc2s1. The third-order valence-electron chi connectivity index (χ3n) is 7.43. The largest absolute Gasteiger partial charge is 0.491 e. The summed E-state index contributed by atoms with van der Waals surface area (Å²) in [6.45, 7) is 8.49. The molecular formula is C32H34N4O3S. The molecule has 2 aromatic heterocycles. The quantitative estimate of drug-likeness (QED) is 0.244. The third kappa shape index (κ3) is 6.26. The van der Waals surface area contributed by atoms with Crippen molar-refractivity contribution in [3.63, 3.8) is 0 Å². The van der Waals surface area contributed by atoms with Gasteiger partial charge in [-0.2, -0.15) is 0 Å². The van der Waals surface area contributed by atoms with Crippen LogP contribution in [0.5, 0.6) is 5.75 Å². The summed E-state index contributed by atoms with van der Waals surface area (Å²) < 4.78 is 12.7. The number of fused-ring (bicyclic) bond motifs is 1. The number of piperazine rings is 1. The minimum Gasteiger partial charge on any atom is -0.491 e. The van der Waals surface area contributed by atoms with E-state index in [0.717, 1.165) is 64.2 Å². The number of aliphatic hydroxyl groups is 1. The Morgan fingerprint density at radius 3 is 2.58 bits per heavy atom. The van der Waals surface area contributed by atoms with Gasteiger partial charge in [-0.1, -0.05) is 59.8 Å². The summed E-state index contributed by atoms with van der Waals surface area (Å²) in [6.07, 6.45) is -0.557. The molecule has 0 radical (unpaired) electrons. The first-order valence-corrected chi connectivity index (χ1v) is 14.6. The second kappa shape index (κ2) is 11.9. The first-order valence-electron chi connectivity index (χ1n) is 13.8. The van der Waals surface area contributed by atoms with Crippen LogP contribution in [0.2, 0.25) is 0 Å². The molecule has 206 valence electrons. The molecule has 0 aliphatic carbocycles. The van der Waals surface area contributed by atoms with Crippen molar-refractivity contribution in [3.8, 4) is 28.2 Å².